The Balaban J connectivity index is 2.04. The molecule has 5 nitrogen and oxygen atoms in total. The summed E-state index contributed by atoms with van der Waals surface area (Å²) in [6.45, 7) is 5.27. The Bertz CT molecular complexity index is 554. The number of carboxylic acid groups (broad SMARTS) is 1. The number of hydrogen-bond acceptors (Lipinski definition) is 3. The lowest BCUT2D eigenvalue weighted by atomic mass is 9.74. The molecule has 1 fully saturated rings. The molecule has 0 atom stereocenters. The highest BCUT2D eigenvalue weighted by Gasteiger charge is 2.44. The van der Waals surface area contributed by atoms with Crippen molar-refractivity contribution < 1.29 is 19.4 Å². The normalized spacial score (nSPS) is 24.7. The van der Waals surface area contributed by atoms with Gasteiger partial charge in [-0.25, -0.2) is 9.59 Å². The van der Waals surface area contributed by atoms with Gasteiger partial charge in [-0.3, -0.25) is 0 Å². The average molecular weight is 319 g/mol. The number of aliphatic carboxylic acids is 1. The fourth-order valence-corrected chi connectivity index (χ4v) is 3.06. The third-order valence-corrected chi connectivity index (χ3v) is 4.26. The van der Waals surface area contributed by atoms with Crippen LogP contribution in [0.1, 0.15) is 57.9 Å². The molecule has 1 aromatic rings. The van der Waals surface area contributed by atoms with Crippen LogP contribution in [0.4, 0.5) is 4.79 Å². The molecule has 2 rings (SSSR count). The van der Waals surface area contributed by atoms with E-state index in [4.69, 9.17) is 4.74 Å². The summed E-state index contributed by atoms with van der Waals surface area (Å²) >= 11 is 0. The van der Waals surface area contributed by atoms with Crippen LogP contribution in [-0.4, -0.2) is 28.3 Å². The summed E-state index contributed by atoms with van der Waals surface area (Å²) in [6.07, 6.45) is 1.60. The molecule has 5 heteroatoms. The molecule has 0 aromatic heterocycles. The van der Waals surface area contributed by atoms with E-state index < -0.39 is 23.2 Å². The van der Waals surface area contributed by atoms with Crippen molar-refractivity contribution in [3.05, 3.63) is 35.9 Å². The molecule has 0 aliphatic heterocycles. The van der Waals surface area contributed by atoms with E-state index in [1.54, 1.807) is 20.8 Å². The summed E-state index contributed by atoms with van der Waals surface area (Å²) in [5, 5.41) is 12.2. The first kappa shape index (κ1) is 17.3. The minimum Gasteiger partial charge on any atom is -0.480 e. The lowest BCUT2D eigenvalue weighted by molar-refractivity contribution is -0.146. The van der Waals surface area contributed by atoms with Gasteiger partial charge in [-0.2, -0.15) is 0 Å². The zero-order chi connectivity index (χ0) is 17.1. The first-order chi connectivity index (χ1) is 10.7. The monoisotopic (exact) mass is 319 g/mol. The molecule has 1 aliphatic carbocycles. The van der Waals surface area contributed by atoms with E-state index in [0.29, 0.717) is 18.8 Å². The molecule has 1 aromatic carbocycles. The van der Waals surface area contributed by atoms with E-state index in [1.165, 1.54) is 5.56 Å². The van der Waals surface area contributed by atoms with Crippen molar-refractivity contribution in [2.24, 2.45) is 0 Å². The second-order valence-electron chi connectivity index (χ2n) is 7.20. The molecule has 1 aliphatic rings. The Hall–Kier alpha value is -2.04. The van der Waals surface area contributed by atoms with Crippen molar-refractivity contribution in [2.75, 3.05) is 0 Å². The molecular weight excluding hydrogens is 294 g/mol. The van der Waals surface area contributed by atoms with Crippen LogP contribution in [-0.2, 0) is 9.53 Å². The van der Waals surface area contributed by atoms with Crippen LogP contribution in [0.15, 0.2) is 30.3 Å². The summed E-state index contributed by atoms with van der Waals surface area (Å²) < 4.78 is 5.21. The minimum atomic E-state index is -1.23. The van der Waals surface area contributed by atoms with E-state index in [1.807, 2.05) is 18.2 Å². The van der Waals surface area contributed by atoms with Gasteiger partial charge in [-0.05, 0) is 57.9 Å². The number of carboxylic acids is 1. The third kappa shape index (κ3) is 4.47. The fourth-order valence-electron chi connectivity index (χ4n) is 3.06. The maximum absolute atomic E-state index is 12.0. The summed E-state index contributed by atoms with van der Waals surface area (Å²) in [4.78, 5) is 23.7. The molecule has 23 heavy (non-hydrogen) atoms. The minimum absolute atomic E-state index is 0.337. The quantitative estimate of drug-likeness (QED) is 0.891. The standard InChI is InChI=1S/C18H25NO4/c1-17(2,3)23-16(22)19-18(15(20)21)11-9-14(10-12-18)13-7-5-4-6-8-13/h4-8,14H,9-12H2,1-3H3,(H,19,22)(H,20,21). The lowest BCUT2D eigenvalue weighted by Gasteiger charge is -2.37. The highest BCUT2D eigenvalue weighted by atomic mass is 16.6. The number of hydrogen-bond donors (Lipinski definition) is 2. The third-order valence-electron chi connectivity index (χ3n) is 4.26. The molecule has 0 radical (unpaired) electrons. The van der Waals surface area contributed by atoms with Gasteiger partial charge in [0.15, 0.2) is 0 Å². The van der Waals surface area contributed by atoms with Crippen LogP contribution in [0.5, 0.6) is 0 Å². The first-order valence-corrected chi connectivity index (χ1v) is 8.01. The van der Waals surface area contributed by atoms with E-state index >= 15 is 0 Å². The van der Waals surface area contributed by atoms with Crippen molar-refractivity contribution in [1.29, 1.82) is 0 Å². The van der Waals surface area contributed by atoms with Crippen LogP contribution < -0.4 is 5.32 Å². The largest absolute Gasteiger partial charge is 0.480 e. The summed E-state index contributed by atoms with van der Waals surface area (Å²) in [5.41, 5.74) is -0.651. The molecule has 1 saturated carbocycles. The van der Waals surface area contributed by atoms with Gasteiger partial charge in [-0.15, -0.1) is 0 Å². The Morgan fingerprint density at radius 1 is 1.17 bits per heavy atom. The summed E-state index contributed by atoms with van der Waals surface area (Å²) in [6, 6.07) is 10.1. The van der Waals surface area contributed by atoms with Crippen molar-refractivity contribution >= 4 is 12.1 Å². The second-order valence-corrected chi connectivity index (χ2v) is 7.20. The predicted molar refractivity (Wildman–Crippen MR) is 87.4 cm³/mol. The number of rotatable bonds is 3. The number of carbonyl (C=O) groups excluding carboxylic acids is 1. The maximum atomic E-state index is 12.0. The number of amides is 1. The van der Waals surface area contributed by atoms with Crippen LogP contribution in [0.3, 0.4) is 0 Å². The SMILES string of the molecule is CC(C)(C)OC(=O)NC1(C(=O)O)CCC(c2ccccc2)CC1. The van der Waals surface area contributed by atoms with E-state index in [-0.39, 0.29) is 0 Å². The Kier molecular flexibility index (Phi) is 4.97. The molecule has 0 saturated heterocycles. The molecule has 1 amide bonds. The number of carbonyl (C=O) groups is 2. The Morgan fingerprint density at radius 3 is 2.22 bits per heavy atom. The highest BCUT2D eigenvalue weighted by molar-refractivity contribution is 5.84. The van der Waals surface area contributed by atoms with Crippen molar-refractivity contribution in [2.45, 2.75) is 63.5 Å². The van der Waals surface area contributed by atoms with Crippen molar-refractivity contribution in [3.8, 4) is 0 Å². The summed E-state index contributed by atoms with van der Waals surface area (Å²) in [7, 11) is 0. The van der Waals surface area contributed by atoms with Gasteiger partial charge >= 0.3 is 12.1 Å². The smallest absolute Gasteiger partial charge is 0.408 e. The van der Waals surface area contributed by atoms with Crippen molar-refractivity contribution in [1.82, 2.24) is 5.32 Å². The Morgan fingerprint density at radius 2 is 1.74 bits per heavy atom. The number of benzene rings is 1. The van der Waals surface area contributed by atoms with Gasteiger partial charge < -0.3 is 15.2 Å². The zero-order valence-electron chi connectivity index (χ0n) is 14.0. The molecule has 0 bridgehead atoms. The molecular formula is C18H25NO4. The first-order valence-electron chi connectivity index (χ1n) is 8.01. The van der Waals surface area contributed by atoms with Crippen LogP contribution in [0.25, 0.3) is 0 Å². The topological polar surface area (TPSA) is 75.6 Å². The second kappa shape index (κ2) is 6.60. The molecule has 126 valence electrons. The van der Waals surface area contributed by atoms with Gasteiger partial charge in [-0.1, -0.05) is 30.3 Å². The maximum Gasteiger partial charge on any atom is 0.408 e. The van der Waals surface area contributed by atoms with Crippen molar-refractivity contribution in [3.63, 3.8) is 0 Å². The van der Waals surface area contributed by atoms with Gasteiger partial charge in [0.1, 0.15) is 11.1 Å². The lowest BCUT2D eigenvalue weighted by Crippen LogP contribution is -2.57. The number of alkyl carbamates (subject to hydrolysis) is 1. The predicted octanol–water partition coefficient (Wildman–Crippen LogP) is 3.69. The Labute approximate surface area is 137 Å². The fraction of sp³-hybridized carbons (Fsp3) is 0.556. The van der Waals surface area contributed by atoms with Gasteiger partial charge in [0, 0.05) is 0 Å². The van der Waals surface area contributed by atoms with E-state index in [0.717, 1.165) is 12.8 Å². The number of nitrogens with one attached hydrogen (secondary N) is 1. The molecule has 0 spiro atoms. The van der Waals surface area contributed by atoms with Gasteiger partial charge in [0.25, 0.3) is 0 Å². The van der Waals surface area contributed by atoms with E-state index in [2.05, 4.69) is 17.4 Å². The number of ether oxygens (including phenoxy) is 1. The van der Waals surface area contributed by atoms with Gasteiger partial charge in [0.05, 0.1) is 0 Å². The average Bonchev–Trinajstić information content (AvgIpc) is 2.46. The zero-order valence-corrected chi connectivity index (χ0v) is 14.0. The van der Waals surface area contributed by atoms with Gasteiger partial charge in [0.2, 0.25) is 0 Å². The molecule has 2 N–H and O–H groups in total. The molecule has 0 heterocycles. The molecule has 0 unspecified atom stereocenters. The van der Waals surface area contributed by atoms with Crippen LogP contribution in [0, 0.1) is 0 Å². The van der Waals surface area contributed by atoms with Crippen LogP contribution in [0.2, 0.25) is 0 Å². The summed E-state index contributed by atoms with van der Waals surface area (Å²) in [5.74, 6) is -0.654. The van der Waals surface area contributed by atoms with E-state index in [9.17, 15) is 14.7 Å². The van der Waals surface area contributed by atoms with Crippen LogP contribution >= 0.6 is 0 Å². The highest BCUT2D eigenvalue weighted by Crippen LogP contribution is 2.38.